The minimum Gasteiger partial charge on any atom is -0.504 e. The predicted octanol–water partition coefficient (Wildman–Crippen LogP) is 13.2. The monoisotopic (exact) mass is 1340 g/mol. The zero-order valence-corrected chi connectivity index (χ0v) is 52.1. The molecule has 0 saturated carbocycles. The number of phenols is 4. The van der Waals surface area contributed by atoms with Gasteiger partial charge in [-0.05, 0) is 48.5 Å². The van der Waals surface area contributed by atoms with Crippen LogP contribution >= 0.6 is 0 Å². The fraction of sp³-hybridized carbons (Fsp3) is 0.114. The number of ether oxygens (including phenoxy) is 13. The smallest absolute Gasteiger partial charge is 0.340 e. The zero-order valence-electron chi connectivity index (χ0n) is 52.1. The number of fused-ring (bicyclic) bond motifs is 4. The maximum Gasteiger partial charge on any atom is 0.340 e. The molecule has 1 unspecified atom stereocenters. The molecule has 4 N–H and O–H groups in total. The van der Waals surface area contributed by atoms with Crippen molar-refractivity contribution in [3.05, 3.63) is 322 Å². The standard InChI is InChI=1S/C79H54O21/c80-56-37-47(40-60-65(56)93-75(89-60)45-22-8-1-9-23-45)74(87)94-76-70(92-73(86)49-39-59(83)68-63(43-49)97-79(100-68,54-32-18-6-19-33-54)55-34-20-7-21-35-55)69(91-72(85)48-38-58(82)67-62(42-48)96-78(99-67,52-28-14-4-15-29-52)53-30-16-5-17-31-53)64(90-76)44-88-71(84)46-36-57(81)66-61(41-46)95-77(98-66,50-24-10-2-11-25-50)51-26-12-3-13-27-51/h1-43,64,69-70,75-76,80-83H,44H2/t64-,69-,70-,75?,76-/m1/s1. The Balaban J connectivity index is 0.757. The Labute approximate surface area is 568 Å². The van der Waals surface area contributed by atoms with Gasteiger partial charge >= 0.3 is 41.2 Å². The van der Waals surface area contributed by atoms with Crippen LogP contribution < -0.4 is 37.9 Å². The topological polar surface area (TPSA) is 269 Å². The number of phenolic OH excluding ortho intramolecular Hbond substituents is 4. The summed E-state index contributed by atoms with van der Waals surface area (Å²) in [6, 6.07) is 71.7. The van der Waals surface area contributed by atoms with Crippen molar-refractivity contribution in [1.82, 2.24) is 0 Å². The van der Waals surface area contributed by atoms with Crippen LogP contribution in [0.15, 0.2) is 261 Å². The number of carbonyl (C=O) groups excluding carboxylic acids is 4. The lowest BCUT2D eigenvalue weighted by molar-refractivity contribution is -0.141. The third kappa shape index (κ3) is 10.9. The molecule has 0 spiro atoms. The summed E-state index contributed by atoms with van der Waals surface area (Å²) in [7, 11) is 0. The van der Waals surface area contributed by atoms with E-state index in [2.05, 4.69) is 0 Å². The van der Waals surface area contributed by atoms with Gasteiger partial charge in [-0.3, -0.25) is 0 Å². The van der Waals surface area contributed by atoms with E-state index in [-0.39, 0.29) is 68.2 Å². The molecule has 5 aliphatic heterocycles. The highest BCUT2D eigenvalue weighted by atomic mass is 16.8. The number of aromatic hydroxyl groups is 4. The second-order valence-electron chi connectivity index (χ2n) is 23.7. The molecule has 0 amide bonds. The predicted molar refractivity (Wildman–Crippen MR) is 350 cm³/mol. The first-order valence-corrected chi connectivity index (χ1v) is 31.5. The average molecular weight is 1340 g/mol. The van der Waals surface area contributed by atoms with Crippen LogP contribution in [0.3, 0.4) is 0 Å². The van der Waals surface area contributed by atoms with Gasteiger partial charge in [-0.1, -0.05) is 212 Å². The van der Waals surface area contributed by atoms with E-state index < -0.39 is 102 Å². The molecular formula is C79H54O21. The second-order valence-corrected chi connectivity index (χ2v) is 23.7. The summed E-state index contributed by atoms with van der Waals surface area (Å²) >= 11 is 0. The molecule has 100 heavy (non-hydrogen) atoms. The van der Waals surface area contributed by atoms with Gasteiger partial charge in [0.05, 0.1) is 22.3 Å². The van der Waals surface area contributed by atoms with Gasteiger partial charge in [0, 0.05) is 38.9 Å². The van der Waals surface area contributed by atoms with Gasteiger partial charge in [0.15, 0.2) is 52.1 Å². The van der Waals surface area contributed by atoms with E-state index in [0.717, 1.165) is 24.3 Å². The van der Waals surface area contributed by atoms with Crippen molar-refractivity contribution in [3.63, 3.8) is 0 Å². The summed E-state index contributed by atoms with van der Waals surface area (Å²) in [5, 5.41) is 46.5. The lowest BCUT2D eigenvalue weighted by atomic mass is 9.97. The Hall–Kier alpha value is -13.1. The second kappa shape index (κ2) is 24.8. The number of benzene rings is 11. The summed E-state index contributed by atoms with van der Waals surface area (Å²) in [5.74, 6) is -12.5. The Morgan fingerprint density at radius 1 is 0.330 bits per heavy atom. The van der Waals surface area contributed by atoms with Crippen LogP contribution in [0.25, 0.3) is 0 Å². The van der Waals surface area contributed by atoms with Gasteiger partial charge in [-0.2, -0.15) is 0 Å². The van der Waals surface area contributed by atoms with Crippen molar-refractivity contribution in [1.29, 1.82) is 0 Å². The highest BCUT2D eigenvalue weighted by molar-refractivity contribution is 5.94. The maximum absolute atomic E-state index is 15.1. The molecule has 16 rings (SSSR count). The molecule has 5 atom stereocenters. The van der Waals surface area contributed by atoms with E-state index >= 15 is 9.59 Å². The van der Waals surface area contributed by atoms with Crippen LogP contribution in [0, 0.1) is 0 Å². The Morgan fingerprint density at radius 2 is 0.640 bits per heavy atom. The van der Waals surface area contributed by atoms with Crippen molar-refractivity contribution < 1.29 is 101 Å². The first-order valence-electron chi connectivity index (χ1n) is 31.5. The SMILES string of the molecule is O=C(OC[C@H]1O[C@H](OC(=O)c2cc(O)c3c(c2)OC(c2ccccc2)O3)[C@H](OC(=O)c2cc(O)c3c(c2)OC(c2ccccc2)(c2ccccc2)O3)[C@@H]1OC(=O)c1cc(O)c2c(c1)OC(c1ccccc1)(c1ccccc1)O2)c1cc(O)c2c(c1)OC(c1ccccc1)(c1ccccc1)O2. The van der Waals surface area contributed by atoms with E-state index in [1.807, 2.05) is 24.3 Å². The first kappa shape index (κ1) is 61.7. The van der Waals surface area contributed by atoms with Crippen LogP contribution in [0.5, 0.6) is 69.0 Å². The van der Waals surface area contributed by atoms with Crippen LogP contribution in [-0.2, 0) is 41.0 Å². The molecule has 0 bridgehead atoms. The van der Waals surface area contributed by atoms with Gasteiger partial charge in [0.25, 0.3) is 6.29 Å². The Bertz CT molecular complexity index is 4850. The molecular weight excluding hydrogens is 1280 g/mol. The van der Waals surface area contributed by atoms with Crippen molar-refractivity contribution in [2.75, 3.05) is 6.61 Å². The summed E-state index contributed by atoms with van der Waals surface area (Å²) < 4.78 is 82.3. The number of carbonyl (C=O) groups is 4. The first-order chi connectivity index (χ1) is 48.7. The molecule has 5 aliphatic rings. The molecule has 5 heterocycles. The van der Waals surface area contributed by atoms with Crippen molar-refractivity contribution in [2.24, 2.45) is 0 Å². The molecule has 496 valence electrons. The normalized spacial score (nSPS) is 18.7. The third-order valence-corrected chi connectivity index (χ3v) is 17.4. The average Bonchev–Trinajstić information content (AvgIpc) is 1.56. The van der Waals surface area contributed by atoms with E-state index in [0.29, 0.717) is 38.9 Å². The molecule has 11 aromatic rings. The van der Waals surface area contributed by atoms with Gasteiger partial charge < -0.3 is 82.0 Å². The van der Waals surface area contributed by atoms with Crippen LogP contribution in [-0.4, -0.2) is 75.5 Å². The fourth-order valence-electron chi connectivity index (χ4n) is 12.7. The molecule has 21 nitrogen and oxygen atoms in total. The van der Waals surface area contributed by atoms with E-state index in [4.69, 9.17) is 61.6 Å². The summed E-state index contributed by atoms with van der Waals surface area (Å²) in [6.45, 7) is -0.868. The fourth-order valence-corrected chi connectivity index (χ4v) is 12.7. The van der Waals surface area contributed by atoms with Crippen molar-refractivity contribution in [3.8, 4) is 69.0 Å². The molecule has 1 saturated heterocycles. The van der Waals surface area contributed by atoms with Crippen LogP contribution in [0.1, 0.15) is 86.7 Å². The van der Waals surface area contributed by atoms with Gasteiger partial charge in [0.1, 0.15) is 12.7 Å². The minimum atomic E-state index is -2.09. The van der Waals surface area contributed by atoms with Crippen LogP contribution in [0.4, 0.5) is 0 Å². The van der Waals surface area contributed by atoms with Gasteiger partial charge in [0.2, 0.25) is 35.4 Å². The van der Waals surface area contributed by atoms with Gasteiger partial charge in [-0.15, -0.1) is 0 Å². The lowest BCUT2D eigenvalue weighted by Gasteiger charge is -2.28. The molecule has 0 aliphatic carbocycles. The quantitative estimate of drug-likeness (QED) is 0.0517. The number of rotatable bonds is 16. The third-order valence-electron chi connectivity index (χ3n) is 17.4. The molecule has 0 radical (unpaired) electrons. The number of esters is 4. The molecule has 0 aromatic heterocycles. The van der Waals surface area contributed by atoms with E-state index in [9.17, 15) is 30.0 Å². The van der Waals surface area contributed by atoms with Crippen molar-refractivity contribution >= 4 is 23.9 Å². The Kier molecular flexibility index (Phi) is 15.3. The minimum absolute atomic E-state index is 0.0372. The summed E-state index contributed by atoms with van der Waals surface area (Å²) in [5.41, 5.74) is 2.55. The molecule has 11 aromatic carbocycles. The highest BCUT2D eigenvalue weighted by Crippen LogP contribution is 2.56. The zero-order chi connectivity index (χ0) is 68.3. The van der Waals surface area contributed by atoms with Crippen LogP contribution in [0.2, 0.25) is 0 Å². The maximum atomic E-state index is 15.1. The number of hydrogen-bond acceptors (Lipinski definition) is 21. The lowest BCUT2D eigenvalue weighted by Crippen LogP contribution is -2.42. The van der Waals surface area contributed by atoms with Gasteiger partial charge in [-0.25, -0.2) is 19.2 Å². The summed E-state index contributed by atoms with van der Waals surface area (Å²) in [4.78, 5) is 59.6. The van der Waals surface area contributed by atoms with E-state index in [1.54, 1.807) is 188 Å². The molecule has 21 heteroatoms. The largest absolute Gasteiger partial charge is 0.504 e. The number of hydrogen-bond donors (Lipinski definition) is 4. The molecule has 1 fully saturated rings. The highest BCUT2D eigenvalue weighted by Gasteiger charge is 2.55. The van der Waals surface area contributed by atoms with E-state index in [1.165, 1.54) is 24.3 Å². The Morgan fingerprint density at radius 3 is 1.01 bits per heavy atom. The van der Waals surface area contributed by atoms with Crippen molar-refractivity contribution in [2.45, 2.75) is 48.3 Å². The summed E-state index contributed by atoms with van der Waals surface area (Å²) in [6.07, 6.45) is -8.80.